The minimum atomic E-state index is -0.672. The number of benzene rings is 2. The zero-order valence-corrected chi connectivity index (χ0v) is 18.9. The van der Waals surface area contributed by atoms with Gasteiger partial charge in [-0.05, 0) is 55.8 Å². The van der Waals surface area contributed by atoms with Crippen LogP contribution in [0.2, 0.25) is 0 Å². The van der Waals surface area contributed by atoms with Crippen LogP contribution >= 0.6 is 0 Å². The van der Waals surface area contributed by atoms with E-state index in [0.29, 0.717) is 33.8 Å². The third-order valence-electron chi connectivity index (χ3n) is 5.23. The van der Waals surface area contributed by atoms with E-state index in [0.717, 1.165) is 18.8 Å². The van der Waals surface area contributed by atoms with E-state index in [1.807, 2.05) is 18.2 Å². The SMILES string of the molecule is CCN(CC)c1ccc2cc(C(=O)/C=C/c3cc(OC)c(OC)c(OC)c3)c(=O)oc2c1. The molecule has 32 heavy (non-hydrogen) atoms. The second-order valence-electron chi connectivity index (χ2n) is 7.00. The maximum Gasteiger partial charge on any atom is 0.347 e. The summed E-state index contributed by atoms with van der Waals surface area (Å²) in [6, 6.07) is 10.6. The summed E-state index contributed by atoms with van der Waals surface area (Å²) in [7, 11) is 4.55. The number of carbonyl (C=O) groups excluding carboxylic acids is 1. The van der Waals surface area contributed by atoms with E-state index in [4.69, 9.17) is 18.6 Å². The molecule has 0 aliphatic heterocycles. The van der Waals surface area contributed by atoms with Crippen LogP contribution in [0.1, 0.15) is 29.8 Å². The summed E-state index contributed by atoms with van der Waals surface area (Å²) in [5.41, 5.74) is 1.36. The standard InChI is InChI=1S/C25H27NO6/c1-6-26(7-2)18-10-9-17-14-19(25(28)32-21(17)15-18)20(27)11-8-16-12-22(29-3)24(31-5)23(13-16)30-4/h8-15H,6-7H2,1-5H3/b11-8+. The van der Waals surface area contributed by atoms with Gasteiger partial charge in [0.05, 0.1) is 21.3 Å². The molecule has 0 amide bonds. The molecule has 0 N–H and O–H groups in total. The quantitative estimate of drug-likeness (QED) is 0.276. The topological polar surface area (TPSA) is 78.2 Å². The van der Waals surface area contributed by atoms with E-state index in [1.54, 1.807) is 24.3 Å². The van der Waals surface area contributed by atoms with Crippen molar-refractivity contribution in [3.05, 3.63) is 64.0 Å². The van der Waals surface area contributed by atoms with Crippen molar-refractivity contribution in [2.24, 2.45) is 0 Å². The van der Waals surface area contributed by atoms with Crippen molar-refractivity contribution in [2.75, 3.05) is 39.3 Å². The van der Waals surface area contributed by atoms with Gasteiger partial charge in [0.2, 0.25) is 5.75 Å². The highest BCUT2D eigenvalue weighted by Crippen LogP contribution is 2.38. The summed E-state index contributed by atoms with van der Waals surface area (Å²) in [5, 5.41) is 0.685. The molecule has 2 aromatic carbocycles. The molecule has 0 bridgehead atoms. The predicted octanol–water partition coefficient (Wildman–Crippen LogP) is 4.56. The smallest absolute Gasteiger partial charge is 0.347 e. The molecule has 0 fully saturated rings. The highest BCUT2D eigenvalue weighted by molar-refractivity contribution is 6.08. The monoisotopic (exact) mass is 437 g/mol. The summed E-state index contributed by atoms with van der Waals surface area (Å²) >= 11 is 0. The lowest BCUT2D eigenvalue weighted by Crippen LogP contribution is -2.21. The largest absolute Gasteiger partial charge is 0.493 e. The van der Waals surface area contributed by atoms with E-state index in [-0.39, 0.29) is 5.56 Å². The van der Waals surface area contributed by atoms with Crippen molar-refractivity contribution in [1.82, 2.24) is 0 Å². The molecule has 7 nitrogen and oxygen atoms in total. The number of ketones is 1. The summed E-state index contributed by atoms with van der Waals surface area (Å²) in [4.78, 5) is 27.4. The van der Waals surface area contributed by atoms with Gasteiger partial charge in [0.1, 0.15) is 11.1 Å². The summed E-state index contributed by atoms with van der Waals surface area (Å²) in [6.07, 6.45) is 2.91. The molecular formula is C25H27NO6. The van der Waals surface area contributed by atoms with Gasteiger partial charge in [-0.15, -0.1) is 0 Å². The van der Waals surface area contributed by atoms with Gasteiger partial charge in [0.25, 0.3) is 0 Å². The van der Waals surface area contributed by atoms with Gasteiger partial charge in [-0.2, -0.15) is 0 Å². The number of ether oxygens (including phenoxy) is 3. The Morgan fingerprint density at radius 3 is 2.19 bits per heavy atom. The van der Waals surface area contributed by atoms with Crippen LogP contribution in [0.4, 0.5) is 5.69 Å². The van der Waals surface area contributed by atoms with Crippen LogP contribution in [-0.2, 0) is 0 Å². The summed E-state index contributed by atoms with van der Waals surface area (Å²) in [5.74, 6) is 0.932. The Hall–Kier alpha value is -3.74. The van der Waals surface area contributed by atoms with Crippen molar-refractivity contribution in [3.63, 3.8) is 0 Å². The molecule has 0 spiro atoms. The average Bonchev–Trinajstić information content (AvgIpc) is 2.81. The highest BCUT2D eigenvalue weighted by atomic mass is 16.5. The van der Waals surface area contributed by atoms with Crippen molar-refractivity contribution in [3.8, 4) is 17.2 Å². The molecule has 0 radical (unpaired) electrons. The minimum absolute atomic E-state index is 0.0308. The number of methoxy groups -OCH3 is 3. The average molecular weight is 437 g/mol. The van der Waals surface area contributed by atoms with Gasteiger partial charge in [0, 0.05) is 30.2 Å². The van der Waals surface area contributed by atoms with Crippen LogP contribution in [-0.4, -0.2) is 40.2 Å². The Balaban J connectivity index is 1.93. The fraction of sp³-hybridized carbons (Fsp3) is 0.280. The molecule has 7 heteroatoms. The third-order valence-corrected chi connectivity index (χ3v) is 5.23. The Morgan fingerprint density at radius 1 is 0.969 bits per heavy atom. The van der Waals surface area contributed by atoms with Crippen LogP contribution in [0.3, 0.4) is 0 Å². The maximum atomic E-state index is 12.7. The molecule has 0 saturated heterocycles. The van der Waals surface area contributed by atoms with Crippen LogP contribution in [0, 0.1) is 0 Å². The first-order valence-corrected chi connectivity index (χ1v) is 10.3. The number of hydrogen-bond acceptors (Lipinski definition) is 7. The summed E-state index contributed by atoms with van der Waals surface area (Å²) in [6.45, 7) is 5.81. The summed E-state index contributed by atoms with van der Waals surface area (Å²) < 4.78 is 21.4. The number of anilines is 1. The van der Waals surface area contributed by atoms with Gasteiger partial charge < -0.3 is 23.5 Å². The van der Waals surface area contributed by atoms with Gasteiger partial charge in [-0.1, -0.05) is 6.08 Å². The van der Waals surface area contributed by atoms with E-state index in [9.17, 15) is 9.59 Å². The highest BCUT2D eigenvalue weighted by Gasteiger charge is 2.15. The lowest BCUT2D eigenvalue weighted by atomic mass is 10.1. The van der Waals surface area contributed by atoms with Crippen molar-refractivity contribution < 1.29 is 23.4 Å². The third kappa shape index (κ3) is 4.61. The van der Waals surface area contributed by atoms with Crippen LogP contribution in [0.25, 0.3) is 17.0 Å². The fourth-order valence-corrected chi connectivity index (χ4v) is 3.52. The van der Waals surface area contributed by atoms with Gasteiger partial charge in [-0.25, -0.2) is 4.79 Å². The fourth-order valence-electron chi connectivity index (χ4n) is 3.52. The number of fused-ring (bicyclic) bond motifs is 1. The van der Waals surface area contributed by atoms with Crippen molar-refractivity contribution in [2.45, 2.75) is 13.8 Å². The zero-order valence-electron chi connectivity index (χ0n) is 18.9. The zero-order chi connectivity index (χ0) is 23.3. The molecule has 0 unspecified atom stereocenters. The molecule has 3 aromatic rings. The van der Waals surface area contributed by atoms with Gasteiger partial charge in [0.15, 0.2) is 17.3 Å². The minimum Gasteiger partial charge on any atom is -0.493 e. The number of rotatable bonds is 9. The Kier molecular flexibility index (Phi) is 7.20. The first kappa shape index (κ1) is 22.9. The number of nitrogens with zero attached hydrogens (tertiary/aromatic N) is 1. The maximum absolute atomic E-state index is 12.7. The van der Waals surface area contributed by atoms with Gasteiger partial charge in [-0.3, -0.25) is 4.79 Å². The molecule has 168 valence electrons. The van der Waals surface area contributed by atoms with Gasteiger partial charge >= 0.3 is 5.63 Å². The Morgan fingerprint density at radius 2 is 1.62 bits per heavy atom. The first-order chi connectivity index (χ1) is 15.4. The van der Waals surface area contributed by atoms with E-state index >= 15 is 0 Å². The number of carbonyl (C=O) groups is 1. The predicted molar refractivity (Wildman–Crippen MR) is 126 cm³/mol. The molecule has 1 aromatic heterocycles. The van der Waals surface area contributed by atoms with E-state index < -0.39 is 11.4 Å². The van der Waals surface area contributed by atoms with Crippen LogP contribution < -0.4 is 24.7 Å². The number of allylic oxidation sites excluding steroid dienone is 1. The van der Waals surface area contributed by atoms with Crippen LogP contribution in [0.15, 0.2) is 51.7 Å². The Bertz CT molecular complexity index is 1180. The van der Waals surface area contributed by atoms with E-state index in [2.05, 4.69) is 18.7 Å². The molecule has 0 saturated carbocycles. The molecule has 1 heterocycles. The first-order valence-electron chi connectivity index (χ1n) is 10.3. The van der Waals surface area contributed by atoms with Crippen molar-refractivity contribution in [1.29, 1.82) is 0 Å². The molecule has 0 aliphatic carbocycles. The Labute approximate surface area is 186 Å². The van der Waals surface area contributed by atoms with Crippen molar-refractivity contribution >= 4 is 28.5 Å². The molecule has 0 aliphatic rings. The van der Waals surface area contributed by atoms with Crippen LogP contribution in [0.5, 0.6) is 17.2 Å². The lowest BCUT2D eigenvalue weighted by molar-refractivity contribution is 0.104. The normalized spacial score (nSPS) is 11.0. The lowest BCUT2D eigenvalue weighted by Gasteiger charge is -2.20. The second-order valence-corrected chi connectivity index (χ2v) is 7.00. The molecule has 3 rings (SSSR count). The molecule has 0 atom stereocenters. The molecular weight excluding hydrogens is 410 g/mol. The van der Waals surface area contributed by atoms with E-state index in [1.165, 1.54) is 27.4 Å². The number of hydrogen-bond donors (Lipinski definition) is 0. The second kappa shape index (κ2) is 10.0.